The molecular formula is C69H58N2. The molecule has 3 aliphatic carbocycles. The number of anilines is 6. The third kappa shape index (κ3) is 6.84. The van der Waals surface area contributed by atoms with E-state index in [-0.39, 0.29) is 16.2 Å². The summed E-state index contributed by atoms with van der Waals surface area (Å²) in [5.41, 5.74) is 26.3. The van der Waals surface area contributed by atoms with Gasteiger partial charge in [0.1, 0.15) is 0 Å². The molecule has 0 amide bonds. The van der Waals surface area contributed by atoms with Crippen molar-refractivity contribution in [2.24, 2.45) is 0 Å². The molecule has 0 atom stereocenters. The Balaban J connectivity index is 1.00. The highest BCUT2D eigenvalue weighted by atomic mass is 15.2. The minimum atomic E-state index is -0.289. The molecule has 9 aromatic carbocycles. The van der Waals surface area contributed by atoms with Crippen LogP contribution in [0.3, 0.4) is 0 Å². The molecule has 0 fully saturated rings. The number of benzene rings is 9. The molecule has 2 heteroatoms. The molecule has 0 bridgehead atoms. The van der Waals surface area contributed by atoms with Gasteiger partial charge in [0.25, 0.3) is 0 Å². The van der Waals surface area contributed by atoms with Crippen LogP contribution in [-0.2, 0) is 16.2 Å². The molecule has 12 rings (SSSR count). The number of rotatable bonds is 9. The quantitative estimate of drug-likeness (QED) is 0.142. The van der Waals surface area contributed by atoms with E-state index in [1.54, 1.807) is 0 Å². The molecule has 0 aliphatic heterocycles. The first kappa shape index (κ1) is 44.0. The molecule has 9 aromatic rings. The van der Waals surface area contributed by atoms with Crippen LogP contribution in [0.1, 0.15) is 74.9 Å². The average Bonchev–Trinajstić information content (AvgIpc) is 3.85. The lowest BCUT2D eigenvalue weighted by Gasteiger charge is -2.30. The van der Waals surface area contributed by atoms with E-state index < -0.39 is 0 Å². The summed E-state index contributed by atoms with van der Waals surface area (Å²) >= 11 is 0. The van der Waals surface area contributed by atoms with Gasteiger partial charge in [-0.25, -0.2) is 0 Å². The van der Waals surface area contributed by atoms with Crippen LogP contribution in [0, 0.1) is 0 Å². The van der Waals surface area contributed by atoms with E-state index in [9.17, 15) is 0 Å². The van der Waals surface area contributed by atoms with Crippen molar-refractivity contribution >= 4 is 39.7 Å². The standard InChI is InChI=1S/C69H58N2/c1-9-22-53-45(2)67(3,4)60-41-52(37-39-55(53)60)71(49-27-17-12-18-28-49)65-32-21-30-59-66(65)58-44-62-57(43-63(58)68(59,5)6)56-40-38-51(42-61(56)69(62,7)8)70(50-35-33-47(34-36-50)46-23-13-10-14-24-46)64-31-20-19-29-54(64)48-25-15-11-16-26-48/h9-44H,1-2H2,3-8H3/b53-22+. The van der Waals surface area contributed by atoms with Gasteiger partial charge in [0.2, 0.25) is 0 Å². The lowest BCUT2D eigenvalue weighted by atomic mass is 9.79. The SMILES string of the molecule is C=C/C=C1\C(=C)C(C)(C)c2cc(N(c3ccccc3)c3cccc4c3-c3cc5c(cc3C4(C)C)-c3ccc(N(c4ccc(-c6ccccc6)cc4)c4ccccc4-c4ccccc4)cc3C5(C)C)ccc21. The van der Waals surface area contributed by atoms with Gasteiger partial charge in [0, 0.05) is 50.1 Å². The van der Waals surface area contributed by atoms with Crippen molar-refractivity contribution < 1.29 is 0 Å². The summed E-state index contributed by atoms with van der Waals surface area (Å²) in [5.74, 6) is 0. The van der Waals surface area contributed by atoms with Gasteiger partial charge in [-0.1, -0.05) is 200 Å². The normalized spacial score (nSPS) is 15.6. The van der Waals surface area contributed by atoms with Gasteiger partial charge in [-0.15, -0.1) is 0 Å². The lowest BCUT2D eigenvalue weighted by Crippen LogP contribution is -2.17. The molecule has 0 heterocycles. The summed E-state index contributed by atoms with van der Waals surface area (Å²) in [6.45, 7) is 22.9. The van der Waals surface area contributed by atoms with E-state index in [2.05, 4.69) is 277 Å². The molecule has 0 N–H and O–H groups in total. The molecular weight excluding hydrogens is 857 g/mol. The van der Waals surface area contributed by atoms with Crippen molar-refractivity contribution in [2.45, 2.75) is 57.8 Å². The number of allylic oxidation sites excluding steroid dienone is 4. The predicted molar refractivity (Wildman–Crippen MR) is 302 cm³/mol. The first-order chi connectivity index (χ1) is 34.4. The topological polar surface area (TPSA) is 6.48 Å². The van der Waals surface area contributed by atoms with Gasteiger partial charge in [-0.2, -0.15) is 0 Å². The van der Waals surface area contributed by atoms with Crippen molar-refractivity contribution in [1.82, 2.24) is 0 Å². The fourth-order valence-electron chi connectivity index (χ4n) is 12.1. The maximum atomic E-state index is 4.59. The van der Waals surface area contributed by atoms with E-state index in [4.69, 9.17) is 0 Å². The molecule has 0 radical (unpaired) electrons. The minimum Gasteiger partial charge on any atom is -0.310 e. The van der Waals surface area contributed by atoms with E-state index in [1.165, 1.54) is 89.1 Å². The van der Waals surface area contributed by atoms with Gasteiger partial charge in [-0.3, -0.25) is 0 Å². The van der Waals surface area contributed by atoms with Crippen molar-refractivity contribution in [3.8, 4) is 44.5 Å². The predicted octanol–water partition coefficient (Wildman–Crippen LogP) is 19.0. The average molecular weight is 915 g/mol. The number of hydrogen-bond donors (Lipinski definition) is 0. The number of fused-ring (bicyclic) bond motifs is 7. The molecule has 0 spiro atoms. The highest BCUT2D eigenvalue weighted by molar-refractivity contribution is 5.99. The van der Waals surface area contributed by atoms with E-state index in [0.717, 1.165) is 34.0 Å². The fraction of sp³-hybridized carbons (Fsp3) is 0.130. The second-order valence-electron chi connectivity index (χ2n) is 21.1. The Hall–Kier alpha value is -8.20. The Morgan fingerprint density at radius 2 is 0.831 bits per heavy atom. The molecule has 0 saturated carbocycles. The second kappa shape index (κ2) is 16.5. The maximum Gasteiger partial charge on any atom is 0.0543 e. The van der Waals surface area contributed by atoms with Gasteiger partial charge in [-0.05, 0) is 151 Å². The zero-order valence-electron chi connectivity index (χ0n) is 41.6. The summed E-state index contributed by atoms with van der Waals surface area (Å²) in [5, 5.41) is 0. The Bertz CT molecular complexity index is 3630. The van der Waals surface area contributed by atoms with Gasteiger partial charge < -0.3 is 9.80 Å². The van der Waals surface area contributed by atoms with Crippen LogP contribution >= 0.6 is 0 Å². The van der Waals surface area contributed by atoms with Gasteiger partial charge in [0.15, 0.2) is 0 Å². The van der Waals surface area contributed by atoms with Crippen LogP contribution in [0.15, 0.2) is 237 Å². The van der Waals surface area contributed by atoms with Crippen molar-refractivity contribution in [1.29, 1.82) is 0 Å². The van der Waals surface area contributed by atoms with Crippen LogP contribution in [0.5, 0.6) is 0 Å². The number of para-hydroxylation sites is 2. The van der Waals surface area contributed by atoms with Crippen LogP contribution in [0.4, 0.5) is 34.1 Å². The maximum absolute atomic E-state index is 4.59. The number of nitrogens with zero attached hydrogens (tertiary/aromatic N) is 2. The molecule has 0 unspecified atom stereocenters. The Kier molecular flexibility index (Phi) is 10.2. The zero-order chi connectivity index (χ0) is 48.8. The van der Waals surface area contributed by atoms with E-state index >= 15 is 0 Å². The van der Waals surface area contributed by atoms with Crippen molar-refractivity contribution in [2.75, 3.05) is 9.80 Å². The Morgan fingerprint density at radius 1 is 0.352 bits per heavy atom. The molecule has 3 aliphatic rings. The largest absolute Gasteiger partial charge is 0.310 e. The van der Waals surface area contributed by atoms with Crippen LogP contribution in [-0.4, -0.2) is 0 Å². The van der Waals surface area contributed by atoms with Gasteiger partial charge in [0.05, 0.1) is 11.4 Å². The highest BCUT2D eigenvalue weighted by Crippen LogP contribution is 2.60. The summed E-state index contributed by atoms with van der Waals surface area (Å²) in [6.07, 6.45) is 3.99. The molecule has 0 saturated heterocycles. The fourth-order valence-corrected chi connectivity index (χ4v) is 12.1. The van der Waals surface area contributed by atoms with Crippen LogP contribution < -0.4 is 9.80 Å². The third-order valence-electron chi connectivity index (χ3n) is 16.0. The Morgan fingerprint density at radius 3 is 1.51 bits per heavy atom. The molecule has 71 heavy (non-hydrogen) atoms. The first-order valence-electron chi connectivity index (χ1n) is 25.0. The highest BCUT2D eigenvalue weighted by Gasteiger charge is 2.44. The van der Waals surface area contributed by atoms with Crippen molar-refractivity contribution in [3.05, 3.63) is 271 Å². The zero-order valence-corrected chi connectivity index (χ0v) is 41.6. The monoisotopic (exact) mass is 914 g/mol. The summed E-state index contributed by atoms with van der Waals surface area (Å²) in [6, 6.07) is 76.4. The molecule has 344 valence electrons. The second-order valence-corrected chi connectivity index (χ2v) is 21.1. The lowest BCUT2D eigenvalue weighted by molar-refractivity contribution is 0.652. The van der Waals surface area contributed by atoms with Gasteiger partial charge >= 0.3 is 0 Å². The molecule has 0 aromatic heterocycles. The third-order valence-corrected chi connectivity index (χ3v) is 16.0. The number of hydrogen-bond acceptors (Lipinski definition) is 2. The van der Waals surface area contributed by atoms with E-state index in [1.807, 2.05) is 6.08 Å². The Labute approximate surface area is 420 Å². The summed E-state index contributed by atoms with van der Waals surface area (Å²) in [4.78, 5) is 4.93. The van der Waals surface area contributed by atoms with Crippen molar-refractivity contribution in [3.63, 3.8) is 0 Å². The van der Waals surface area contributed by atoms with Crippen LogP contribution in [0.2, 0.25) is 0 Å². The molecule has 2 nitrogen and oxygen atoms in total. The van der Waals surface area contributed by atoms with E-state index in [0.29, 0.717) is 0 Å². The first-order valence-corrected chi connectivity index (χ1v) is 25.0. The minimum absolute atomic E-state index is 0.230. The van der Waals surface area contributed by atoms with Crippen LogP contribution in [0.25, 0.3) is 50.1 Å². The smallest absolute Gasteiger partial charge is 0.0543 e. The summed E-state index contributed by atoms with van der Waals surface area (Å²) in [7, 11) is 0. The summed E-state index contributed by atoms with van der Waals surface area (Å²) < 4.78 is 0.